The van der Waals surface area contributed by atoms with Gasteiger partial charge in [-0.3, -0.25) is 0 Å². The quantitative estimate of drug-likeness (QED) is 0.612. The molecule has 0 aliphatic rings. The van der Waals surface area contributed by atoms with Crippen molar-refractivity contribution in [2.75, 3.05) is 5.73 Å². The zero-order chi connectivity index (χ0) is 14.3. The van der Waals surface area contributed by atoms with Crippen LogP contribution in [-0.2, 0) is 0 Å². The zero-order valence-corrected chi connectivity index (χ0v) is 11.7. The van der Waals surface area contributed by atoms with E-state index in [9.17, 15) is 4.39 Å². The number of aryl methyl sites for hydroxylation is 1. The number of hydrogen-bond donors (Lipinski definition) is 1. The van der Waals surface area contributed by atoms with Crippen LogP contribution in [0.2, 0.25) is 5.02 Å². The van der Waals surface area contributed by atoms with E-state index < -0.39 is 0 Å². The molecule has 0 aliphatic carbocycles. The van der Waals surface area contributed by atoms with Crippen molar-refractivity contribution in [3.63, 3.8) is 0 Å². The molecule has 1 nitrogen and oxygen atoms in total. The molecule has 20 heavy (non-hydrogen) atoms. The third-order valence-electron chi connectivity index (χ3n) is 3.50. The minimum Gasteiger partial charge on any atom is -0.397 e. The summed E-state index contributed by atoms with van der Waals surface area (Å²) in [6.07, 6.45) is 0. The van der Waals surface area contributed by atoms with Crippen LogP contribution in [0.5, 0.6) is 0 Å². The highest BCUT2D eigenvalue weighted by atomic mass is 35.5. The van der Waals surface area contributed by atoms with Gasteiger partial charge in [0.25, 0.3) is 0 Å². The van der Waals surface area contributed by atoms with Gasteiger partial charge in [0.2, 0.25) is 0 Å². The molecule has 0 unspecified atom stereocenters. The van der Waals surface area contributed by atoms with Gasteiger partial charge in [0.15, 0.2) is 0 Å². The van der Waals surface area contributed by atoms with Crippen molar-refractivity contribution < 1.29 is 4.39 Å². The third-order valence-corrected chi connectivity index (χ3v) is 3.81. The predicted octanol–water partition coefficient (Wildman–Crippen LogP) is 5.19. The lowest BCUT2D eigenvalue weighted by molar-refractivity contribution is 0.628. The summed E-state index contributed by atoms with van der Waals surface area (Å²) >= 11 is 6.01. The lowest BCUT2D eigenvalue weighted by Gasteiger charge is -2.14. The first-order chi connectivity index (χ1) is 9.58. The fourth-order valence-corrected chi connectivity index (χ4v) is 2.74. The minimum atomic E-state index is -0.383. The molecule has 0 spiro atoms. The average Bonchev–Trinajstić information content (AvgIpc) is 2.43. The van der Waals surface area contributed by atoms with Crippen LogP contribution in [0.15, 0.2) is 48.5 Å². The number of nitrogens with two attached hydrogens (primary N) is 1. The molecule has 0 radical (unpaired) electrons. The first-order valence-corrected chi connectivity index (χ1v) is 6.69. The van der Waals surface area contributed by atoms with Crippen molar-refractivity contribution >= 4 is 28.1 Å². The van der Waals surface area contributed by atoms with Gasteiger partial charge < -0.3 is 5.73 Å². The first kappa shape index (κ1) is 12.9. The average molecular weight is 286 g/mol. The summed E-state index contributed by atoms with van der Waals surface area (Å²) in [5.41, 5.74) is 9.07. The number of fused-ring (bicyclic) bond motifs is 1. The van der Waals surface area contributed by atoms with E-state index in [4.69, 9.17) is 17.3 Å². The van der Waals surface area contributed by atoms with E-state index in [0.29, 0.717) is 11.3 Å². The van der Waals surface area contributed by atoms with Crippen LogP contribution >= 0.6 is 11.6 Å². The van der Waals surface area contributed by atoms with E-state index >= 15 is 0 Å². The largest absolute Gasteiger partial charge is 0.397 e. The maximum atomic E-state index is 13.7. The molecule has 2 N–H and O–H groups in total. The number of anilines is 1. The van der Waals surface area contributed by atoms with Gasteiger partial charge in [-0.05, 0) is 41.0 Å². The number of halogens is 2. The summed E-state index contributed by atoms with van der Waals surface area (Å²) in [5.74, 6) is -0.383. The summed E-state index contributed by atoms with van der Waals surface area (Å²) in [6.45, 7) is 1.99. The zero-order valence-electron chi connectivity index (χ0n) is 11.0. The number of hydrogen-bond acceptors (Lipinski definition) is 1. The van der Waals surface area contributed by atoms with Crippen LogP contribution in [0, 0.1) is 12.7 Å². The molecule has 0 heterocycles. The Labute approximate surface area is 121 Å². The molecule has 3 aromatic rings. The maximum absolute atomic E-state index is 13.7. The normalized spacial score (nSPS) is 10.9. The molecule has 3 rings (SSSR count). The summed E-state index contributed by atoms with van der Waals surface area (Å²) in [4.78, 5) is 0. The Morgan fingerprint density at radius 3 is 2.60 bits per heavy atom. The van der Waals surface area contributed by atoms with Gasteiger partial charge in [0, 0.05) is 5.56 Å². The van der Waals surface area contributed by atoms with Crippen molar-refractivity contribution in [2.45, 2.75) is 6.92 Å². The Hall–Kier alpha value is -2.06. The van der Waals surface area contributed by atoms with Crippen molar-refractivity contribution in [2.24, 2.45) is 0 Å². The van der Waals surface area contributed by atoms with Gasteiger partial charge in [-0.25, -0.2) is 4.39 Å². The summed E-state index contributed by atoms with van der Waals surface area (Å²) in [7, 11) is 0. The fraction of sp³-hybridized carbons (Fsp3) is 0.0588. The van der Waals surface area contributed by atoms with E-state index in [0.717, 1.165) is 21.9 Å². The molecular weight excluding hydrogens is 273 g/mol. The highest BCUT2D eigenvalue weighted by Crippen LogP contribution is 2.38. The molecule has 3 heteroatoms. The minimum absolute atomic E-state index is 0.243. The number of nitrogen functional groups attached to an aromatic ring is 1. The van der Waals surface area contributed by atoms with E-state index in [1.165, 1.54) is 12.1 Å². The van der Waals surface area contributed by atoms with E-state index in [1.54, 1.807) is 0 Å². The molecule has 0 saturated carbocycles. The third kappa shape index (κ3) is 2.02. The van der Waals surface area contributed by atoms with Crippen molar-refractivity contribution in [1.29, 1.82) is 0 Å². The van der Waals surface area contributed by atoms with Crippen LogP contribution in [0.25, 0.3) is 21.9 Å². The van der Waals surface area contributed by atoms with E-state index in [-0.39, 0.29) is 10.8 Å². The highest BCUT2D eigenvalue weighted by Gasteiger charge is 2.13. The summed E-state index contributed by atoms with van der Waals surface area (Å²) in [5, 5.41) is 2.38. The molecule has 0 aromatic heterocycles. The molecule has 0 aliphatic heterocycles. The maximum Gasteiger partial charge on any atom is 0.125 e. The molecule has 0 amide bonds. The summed E-state index contributed by atoms with van der Waals surface area (Å²) in [6, 6.07) is 14.7. The second-order valence-corrected chi connectivity index (χ2v) is 5.23. The van der Waals surface area contributed by atoms with Crippen LogP contribution < -0.4 is 5.73 Å². The second-order valence-electron chi connectivity index (χ2n) is 4.83. The van der Waals surface area contributed by atoms with E-state index in [1.807, 2.05) is 43.3 Å². The molecule has 0 bridgehead atoms. The molecule has 0 saturated heterocycles. The van der Waals surface area contributed by atoms with Gasteiger partial charge in [0.05, 0.1) is 10.7 Å². The van der Waals surface area contributed by atoms with Gasteiger partial charge in [-0.1, -0.05) is 48.0 Å². The lowest BCUT2D eigenvalue weighted by Crippen LogP contribution is -1.95. The van der Waals surface area contributed by atoms with Gasteiger partial charge in [-0.2, -0.15) is 0 Å². The Morgan fingerprint density at radius 1 is 1.05 bits per heavy atom. The van der Waals surface area contributed by atoms with Crippen molar-refractivity contribution in [3.05, 3.63) is 64.9 Å². The Balaban J connectivity index is 2.43. The Morgan fingerprint density at radius 2 is 1.80 bits per heavy atom. The second kappa shape index (κ2) is 4.80. The van der Waals surface area contributed by atoms with Crippen LogP contribution in [0.1, 0.15) is 5.56 Å². The van der Waals surface area contributed by atoms with Crippen molar-refractivity contribution in [3.8, 4) is 11.1 Å². The summed E-state index contributed by atoms with van der Waals surface area (Å²) < 4.78 is 13.7. The highest BCUT2D eigenvalue weighted by molar-refractivity contribution is 6.34. The monoisotopic (exact) mass is 285 g/mol. The van der Waals surface area contributed by atoms with Gasteiger partial charge in [0.1, 0.15) is 5.82 Å². The lowest BCUT2D eigenvalue weighted by atomic mass is 9.93. The molecule has 0 fully saturated rings. The standard InChI is InChI=1S/C17H13ClFN/c1-10-6-7-11-4-2-3-5-13(11)16(10)14-8-12(19)9-15(18)17(14)20/h2-9H,20H2,1H3. The predicted molar refractivity (Wildman–Crippen MR) is 83.5 cm³/mol. The number of benzene rings is 3. The molecule has 3 aromatic carbocycles. The molecular formula is C17H13ClFN. The fourth-order valence-electron chi connectivity index (χ4n) is 2.53. The van der Waals surface area contributed by atoms with Gasteiger partial charge >= 0.3 is 0 Å². The Bertz CT molecular complexity index is 811. The van der Waals surface area contributed by atoms with Crippen molar-refractivity contribution in [1.82, 2.24) is 0 Å². The SMILES string of the molecule is Cc1ccc2ccccc2c1-c1cc(F)cc(Cl)c1N. The van der Waals surface area contributed by atoms with Gasteiger partial charge in [-0.15, -0.1) is 0 Å². The number of rotatable bonds is 1. The first-order valence-electron chi connectivity index (χ1n) is 6.31. The van der Waals surface area contributed by atoms with Crippen LogP contribution in [-0.4, -0.2) is 0 Å². The van der Waals surface area contributed by atoms with Crippen LogP contribution in [0.4, 0.5) is 10.1 Å². The van der Waals surface area contributed by atoms with E-state index in [2.05, 4.69) is 0 Å². The smallest absolute Gasteiger partial charge is 0.125 e. The molecule has 0 atom stereocenters. The van der Waals surface area contributed by atoms with Crippen LogP contribution in [0.3, 0.4) is 0 Å². The molecule has 100 valence electrons. The Kier molecular flexibility index (Phi) is 3.11. The topological polar surface area (TPSA) is 26.0 Å².